The Kier molecular flexibility index (Phi) is 4.53. The summed E-state index contributed by atoms with van der Waals surface area (Å²) in [5.41, 5.74) is 7.63. The molecule has 1 heterocycles. The first-order chi connectivity index (χ1) is 9.49. The fourth-order valence-corrected chi connectivity index (χ4v) is 2.63. The number of hydrogen-bond donors (Lipinski definition) is 1. The second-order valence-electron chi connectivity index (χ2n) is 5.91. The quantitative estimate of drug-likeness (QED) is 0.843. The standard InChI is InChI=1S/C16H25N3O/c1-12-7-9-19(10-8-12)16(20)18(3)13(2)14-5-4-6-15(17)11-14/h4-6,11-13H,7-10,17H2,1-3H3. The van der Waals surface area contributed by atoms with Crippen molar-refractivity contribution in [3.63, 3.8) is 0 Å². The first kappa shape index (κ1) is 14.7. The van der Waals surface area contributed by atoms with Crippen molar-refractivity contribution in [3.05, 3.63) is 29.8 Å². The van der Waals surface area contributed by atoms with Gasteiger partial charge in [0.05, 0.1) is 6.04 Å². The Morgan fingerprint density at radius 3 is 2.65 bits per heavy atom. The maximum atomic E-state index is 12.5. The molecule has 1 aliphatic heterocycles. The van der Waals surface area contributed by atoms with Crippen molar-refractivity contribution in [1.29, 1.82) is 0 Å². The Balaban J connectivity index is 2.02. The minimum absolute atomic E-state index is 0.0327. The Morgan fingerprint density at radius 1 is 1.40 bits per heavy atom. The van der Waals surface area contributed by atoms with E-state index in [9.17, 15) is 4.79 Å². The summed E-state index contributed by atoms with van der Waals surface area (Å²) in [6.45, 7) is 6.03. The molecule has 1 aromatic carbocycles. The maximum absolute atomic E-state index is 12.5. The van der Waals surface area contributed by atoms with Gasteiger partial charge >= 0.3 is 6.03 Å². The highest BCUT2D eigenvalue weighted by atomic mass is 16.2. The number of amides is 2. The normalized spacial score (nSPS) is 17.9. The summed E-state index contributed by atoms with van der Waals surface area (Å²) in [5.74, 6) is 0.732. The van der Waals surface area contributed by atoms with E-state index in [0.29, 0.717) is 0 Å². The summed E-state index contributed by atoms with van der Waals surface area (Å²) in [6, 6.07) is 7.90. The fraction of sp³-hybridized carbons (Fsp3) is 0.562. The number of anilines is 1. The molecule has 0 radical (unpaired) electrons. The molecular formula is C16H25N3O. The van der Waals surface area contributed by atoms with Crippen LogP contribution in [0.15, 0.2) is 24.3 Å². The highest BCUT2D eigenvalue weighted by Crippen LogP contribution is 2.23. The Bertz CT molecular complexity index is 467. The van der Waals surface area contributed by atoms with E-state index in [4.69, 9.17) is 5.73 Å². The summed E-state index contributed by atoms with van der Waals surface area (Å²) in [4.78, 5) is 16.3. The number of rotatable bonds is 2. The van der Waals surface area contributed by atoms with Crippen LogP contribution in [-0.4, -0.2) is 36.0 Å². The third-order valence-electron chi connectivity index (χ3n) is 4.33. The Labute approximate surface area is 121 Å². The lowest BCUT2D eigenvalue weighted by molar-refractivity contribution is 0.132. The summed E-state index contributed by atoms with van der Waals surface area (Å²) in [7, 11) is 1.87. The van der Waals surface area contributed by atoms with Crippen LogP contribution in [0.1, 0.15) is 38.3 Å². The molecule has 20 heavy (non-hydrogen) atoms. The van der Waals surface area contributed by atoms with Gasteiger partial charge < -0.3 is 15.5 Å². The molecule has 1 aliphatic rings. The number of piperidine rings is 1. The number of urea groups is 1. The van der Waals surface area contributed by atoms with Gasteiger partial charge in [-0.25, -0.2) is 4.79 Å². The largest absolute Gasteiger partial charge is 0.399 e. The number of nitrogen functional groups attached to an aromatic ring is 1. The lowest BCUT2D eigenvalue weighted by Crippen LogP contribution is -2.45. The van der Waals surface area contributed by atoms with Gasteiger partial charge in [0.15, 0.2) is 0 Å². The van der Waals surface area contributed by atoms with E-state index in [1.807, 2.05) is 48.0 Å². The van der Waals surface area contributed by atoms with Crippen LogP contribution in [0.2, 0.25) is 0 Å². The molecule has 4 heteroatoms. The minimum Gasteiger partial charge on any atom is -0.399 e. The summed E-state index contributed by atoms with van der Waals surface area (Å²) in [5, 5.41) is 0. The van der Waals surface area contributed by atoms with Crippen molar-refractivity contribution in [3.8, 4) is 0 Å². The third-order valence-corrected chi connectivity index (χ3v) is 4.33. The molecule has 1 aromatic rings. The predicted molar refractivity (Wildman–Crippen MR) is 82.4 cm³/mol. The number of carbonyl (C=O) groups is 1. The van der Waals surface area contributed by atoms with Gasteiger partial charge in [-0.15, -0.1) is 0 Å². The molecule has 1 fully saturated rings. The lowest BCUT2D eigenvalue weighted by atomic mass is 9.99. The summed E-state index contributed by atoms with van der Waals surface area (Å²) >= 11 is 0. The van der Waals surface area contributed by atoms with Gasteiger partial charge in [-0.3, -0.25) is 0 Å². The highest BCUT2D eigenvalue weighted by Gasteiger charge is 2.25. The molecule has 1 saturated heterocycles. The van der Waals surface area contributed by atoms with Crippen LogP contribution in [-0.2, 0) is 0 Å². The number of benzene rings is 1. The third kappa shape index (κ3) is 3.24. The molecule has 0 saturated carbocycles. The van der Waals surface area contributed by atoms with Gasteiger partial charge in [-0.1, -0.05) is 19.1 Å². The van der Waals surface area contributed by atoms with Crippen molar-refractivity contribution in [2.24, 2.45) is 5.92 Å². The maximum Gasteiger partial charge on any atom is 0.320 e. The SMILES string of the molecule is CC1CCN(C(=O)N(C)C(C)c2cccc(N)c2)CC1. The zero-order valence-electron chi connectivity index (χ0n) is 12.7. The van der Waals surface area contributed by atoms with Crippen LogP contribution in [0.4, 0.5) is 10.5 Å². The van der Waals surface area contributed by atoms with Crippen molar-refractivity contribution in [2.75, 3.05) is 25.9 Å². The van der Waals surface area contributed by atoms with Crippen molar-refractivity contribution >= 4 is 11.7 Å². The van der Waals surface area contributed by atoms with E-state index in [1.165, 1.54) is 0 Å². The van der Waals surface area contributed by atoms with Crippen LogP contribution in [0.5, 0.6) is 0 Å². The van der Waals surface area contributed by atoms with Gasteiger partial charge in [-0.05, 0) is 43.4 Å². The average Bonchev–Trinajstić information content (AvgIpc) is 2.46. The minimum atomic E-state index is 0.0327. The Hall–Kier alpha value is -1.71. The molecule has 0 aliphatic carbocycles. The topological polar surface area (TPSA) is 49.6 Å². The number of nitrogens with two attached hydrogens (primary N) is 1. The fourth-order valence-electron chi connectivity index (χ4n) is 2.63. The van der Waals surface area contributed by atoms with Crippen molar-refractivity contribution in [2.45, 2.75) is 32.7 Å². The van der Waals surface area contributed by atoms with E-state index in [0.717, 1.165) is 43.1 Å². The monoisotopic (exact) mass is 275 g/mol. The zero-order valence-corrected chi connectivity index (χ0v) is 12.7. The van der Waals surface area contributed by atoms with E-state index < -0.39 is 0 Å². The van der Waals surface area contributed by atoms with Gasteiger partial charge in [0.25, 0.3) is 0 Å². The number of carbonyl (C=O) groups excluding carboxylic acids is 1. The van der Waals surface area contributed by atoms with Gasteiger partial charge in [0, 0.05) is 25.8 Å². The molecule has 1 unspecified atom stereocenters. The lowest BCUT2D eigenvalue weighted by Gasteiger charge is -2.35. The molecule has 2 N–H and O–H groups in total. The van der Waals surface area contributed by atoms with Crippen LogP contribution < -0.4 is 5.73 Å². The molecule has 2 amide bonds. The molecule has 110 valence electrons. The first-order valence-electron chi connectivity index (χ1n) is 7.36. The molecule has 1 atom stereocenters. The molecule has 0 bridgehead atoms. The number of nitrogens with zero attached hydrogens (tertiary/aromatic N) is 2. The van der Waals surface area contributed by atoms with Gasteiger partial charge in [-0.2, -0.15) is 0 Å². The average molecular weight is 275 g/mol. The molecule has 0 aromatic heterocycles. The van der Waals surface area contributed by atoms with E-state index >= 15 is 0 Å². The first-order valence-corrected chi connectivity index (χ1v) is 7.36. The van der Waals surface area contributed by atoms with Crippen molar-refractivity contribution in [1.82, 2.24) is 9.80 Å². The molecule has 0 spiro atoms. The number of likely N-dealkylation sites (tertiary alicyclic amines) is 1. The second-order valence-corrected chi connectivity index (χ2v) is 5.91. The predicted octanol–water partition coefficient (Wildman–Crippen LogP) is 3.11. The van der Waals surface area contributed by atoms with Crippen LogP contribution in [0, 0.1) is 5.92 Å². The molecule has 2 rings (SSSR count). The summed E-state index contributed by atoms with van der Waals surface area (Å²) in [6.07, 6.45) is 2.21. The highest BCUT2D eigenvalue weighted by molar-refractivity contribution is 5.74. The van der Waals surface area contributed by atoms with Crippen LogP contribution in [0.3, 0.4) is 0 Å². The molecule has 4 nitrogen and oxygen atoms in total. The Morgan fingerprint density at radius 2 is 2.05 bits per heavy atom. The molecular weight excluding hydrogens is 250 g/mol. The smallest absolute Gasteiger partial charge is 0.320 e. The van der Waals surface area contributed by atoms with E-state index in [-0.39, 0.29) is 12.1 Å². The van der Waals surface area contributed by atoms with Gasteiger partial charge in [0.2, 0.25) is 0 Å². The van der Waals surface area contributed by atoms with Crippen molar-refractivity contribution < 1.29 is 4.79 Å². The van der Waals surface area contributed by atoms with Crippen LogP contribution in [0.25, 0.3) is 0 Å². The van der Waals surface area contributed by atoms with E-state index in [1.54, 1.807) is 0 Å². The second kappa shape index (κ2) is 6.16. The summed E-state index contributed by atoms with van der Waals surface area (Å²) < 4.78 is 0. The van der Waals surface area contributed by atoms with E-state index in [2.05, 4.69) is 6.92 Å². The van der Waals surface area contributed by atoms with Crippen LogP contribution >= 0.6 is 0 Å². The number of hydrogen-bond acceptors (Lipinski definition) is 2. The zero-order chi connectivity index (χ0) is 14.7. The van der Waals surface area contributed by atoms with Gasteiger partial charge in [0.1, 0.15) is 0 Å².